The predicted octanol–water partition coefficient (Wildman–Crippen LogP) is 1.42. The minimum absolute atomic E-state index is 0.543. The highest BCUT2D eigenvalue weighted by Gasteiger charge is 2.08. The number of anilines is 1. The van der Waals surface area contributed by atoms with Gasteiger partial charge in [-0.15, -0.1) is 10.2 Å². The van der Waals surface area contributed by atoms with Crippen LogP contribution in [-0.4, -0.2) is 35.2 Å². The molecule has 0 spiro atoms. The molecule has 0 saturated carbocycles. The highest BCUT2D eigenvalue weighted by Crippen LogP contribution is 2.16. The molecule has 0 fully saturated rings. The topological polar surface area (TPSA) is 41.1 Å². The summed E-state index contributed by atoms with van der Waals surface area (Å²) in [5.74, 6) is 0. The number of aromatic nitrogens is 2. The molecular formula is C8H16N4S. The molecule has 0 amide bonds. The van der Waals surface area contributed by atoms with E-state index in [1.165, 1.54) is 0 Å². The van der Waals surface area contributed by atoms with Crippen LogP contribution < -0.4 is 5.32 Å². The zero-order valence-corrected chi connectivity index (χ0v) is 9.35. The molecule has 1 aromatic rings. The Morgan fingerprint density at radius 2 is 2.15 bits per heavy atom. The third kappa shape index (κ3) is 2.93. The first-order chi connectivity index (χ1) is 6.13. The maximum atomic E-state index is 4.07. The zero-order chi connectivity index (χ0) is 9.84. The first kappa shape index (κ1) is 10.4. The van der Waals surface area contributed by atoms with Crippen LogP contribution >= 0.6 is 11.3 Å². The second kappa shape index (κ2) is 4.53. The summed E-state index contributed by atoms with van der Waals surface area (Å²) >= 11 is 1.60. The van der Waals surface area contributed by atoms with Crippen LogP contribution in [0, 0.1) is 0 Å². The summed E-state index contributed by atoms with van der Waals surface area (Å²) in [6.45, 7) is 5.21. The molecule has 1 heterocycles. The zero-order valence-electron chi connectivity index (χ0n) is 8.53. The molecule has 4 nitrogen and oxygen atoms in total. The summed E-state index contributed by atoms with van der Waals surface area (Å²) in [6, 6.07) is 0.543. The van der Waals surface area contributed by atoms with Gasteiger partial charge in [0.15, 0.2) is 0 Å². The lowest BCUT2D eigenvalue weighted by Crippen LogP contribution is -2.25. The fraction of sp³-hybridized carbons (Fsp3) is 0.750. The van der Waals surface area contributed by atoms with Crippen molar-refractivity contribution in [1.82, 2.24) is 15.1 Å². The molecule has 0 radical (unpaired) electrons. The van der Waals surface area contributed by atoms with E-state index < -0.39 is 0 Å². The Balaban J connectivity index is 2.53. The normalized spacial score (nSPS) is 11.2. The minimum Gasteiger partial charge on any atom is -0.363 e. The summed E-state index contributed by atoms with van der Waals surface area (Å²) in [5.41, 5.74) is 0. The van der Waals surface area contributed by atoms with E-state index in [1.54, 1.807) is 11.3 Å². The molecule has 0 aliphatic carbocycles. The number of nitrogens with one attached hydrogen (secondary N) is 1. The van der Waals surface area contributed by atoms with E-state index in [4.69, 9.17) is 0 Å². The van der Waals surface area contributed by atoms with E-state index >= 15 is 0 Å². The molecule has 0 saturated heterocycles. The number of rotatable bonds is 4. The maximum absolute atomic E-state index is 4.07. The molecule has 0 unspecified atom stereocenters. The van der Waals surface area contributed by atoms with Crippen LogP contribution in [0.3, 0.4) is 0 Å². The molecular weight excluding hydrogens is 184 g/mol. The van der Waals surface area contributed by atoms with Crippen molar-refractivity contribution < 1.29 is 0 Å². The number of hydrogen-bond acceptors (Lipinski definition) is 5. The van der Waals surface area contributed by atoms with E-state index in [0.29, 0.717) is 6.04 Å². The van der Waals surface area contributed by atoms with Gasteiger partial charge in [0, 0.05) is 13.1 Å². The van der Waals surface area contributed by atoms with Crippen molar-refractivity contribution in [3.8, 4) is 0 Å². The fourth-order valence-corrected chi connectivity index (χ4v) is 1.57. The van der Waals surface area contributed by atoms with Gasteiger partial charge in [0.25, 0.3) is 0 Å². The van der Waals surface area contributed by atoms with Gasteiger partial charge >= 0.3 is 0 Å². The summed E-state index contributed by atoms with van der Waals surface area (Å²) in [4.78, 5) is 2.24. The van der Waals surface area contributed by atoms with Crippen LogP contribution in [0.25, 0.3) is 0 Å². The molecule has 1 N–H and O–H groups in total. The van der Waals surface area contributed by atoms with Gasteiger partial charge in [0.2, 0.25) is 5.13 Å². The van der Waals surface area contributed by atoms with Crippen LogP contribution in [0.5, 0.6) is 0 Å². The lowest BCUT2D eigenvalue weighted by molar-refractivity contribution is 0.265. The van der Waals surface area contributed by atoms with Crippen molar-refractivity contribution in [2.24, 2.45) is 0 Å². The molecule has 1 aromatic heterocycles. The monoisotopic (exact) mass is 200 g/mol. The third-order valence-corrected chi connectivity index (χ3v) is 2.87. The van der Waals surface area contributed by atoms with Crippen LogP contribution in [0.15, 0.2) is 0 Å². The van der Waals surface area contributed by atoms with Crippen molar-refractivity contribution in [2.75, 3.05) is 19.4 Å². The fourth-order valence-electron chi connectivity index (χ4n) is 0.814. The van der Waals surface area contributed by atoms with Crippen molar-refractivity contribution in [3.05, 3.63) is 5.01 Å². The molecule has 1 rings (SSSR count). The van der Waals surface area contributed by atoms with Gasteiger partial charge in [-0.2, -0.15) is 0 Å². The first-order valence-corrected chi connectivity index (χ1v) is 5.15. The van der Waals surface area contributed by atoms with E-state index in [2.05, 4.69) is 41.3 Å². The largest absolute Gasteiger partial charge is 0.363 e. The molecule has 0 aromatic carbocycles. The molecule has 74 valence electrons. The number of nitrogens with zero attached hydrogens (tertiary/aromatic N) is 3. The highest BCUT2D eigenvalue weighted by atomic mass is 32.1. The number of hydrogen-bond donors (Lipinski definition) is 1. The van der Waals surface area contributed by atoms with Gasteiger partial charge in [-0.05, 0) is 20.9 Å². The van der Waals surface area contributed by atoms with Crippen molar-refractivity contribution in [2.45, 2.75) is 26.4 Å². The SMILES string of the molecule is CNc1nnc(CN(C)C(C)C)s1. The Hall–Kier alpha value is -0.680. The summed E-state index contributed by atoms with van der Waals surface area (Å²) < 4.78 is 0. The summed E-state index contributed by atoms with van der Waals surface area (Å²) in [6.07, 6.45) is 0. The van der Waals surface area contributed by atoms with Crippen LogP contribution in [0.2, 0.25) is 0 Å². The van der Waals surface area contributed by atoms with Crippen LogP contribution in [0.1, 0.15) is 18.9 Å². The van der Waals surface area contributed by atoms with E-state index in [1.807, 2.05) is 7.05 Å². The van der Waals surface area contributed by atoms with Crippen molar-refractivity contribution in [3.63, 3.8) is 0 Å². The van der Waals surface area contributed by atoms with Gasteiger partial charge in [0.1, 0.15) is 5.01 Å². The van der Waals surface area contributed by atoms with E-state index in [9.17, 15) is 0 Å². The van der Waals surface area contributed by atoms with E-state index in [0.717, 1.165) is 16.7 Å². The Labute approximate surface area is 83.0 Å². The van der Waals surface area contributed by atoms with E-state index in [-0.39, 0.29) is 0 Å². The Bertz CT molecular complexity index is 258. The second-order valence-electron chi connectivity index (χ2n) is 3.26. The van der Waals surface area contributed by atoms with Gasteiger partial charge in [0.05, 0.1) is 6.54 Å². The standard InChI is InChI=1S/C8H16N4S/c1-6(2)12(4)5-7-10-11-8(9-3)13-7/h6H,5H2,1-4H3,(H,9,11). The second-order valence-corrected chi connectivity index (χ2v) is 4.32. The lowest BCUT2D eigenvalue weighted by atomic mass is 10.3. The summed E-state index contributed by atoms with van der Waals surface area (Å²) in [5, 5.41) is 13.0. The molecule has 0 aliphatic rings. The molecule has 13 heavy (non-hydrogen) atoms. The van der Waals surface area contributed by atoms with Gasteiger partial charge < -0.3 is 5.32 Å². The molecule has 0 bridgehead atoms. The first-order valence-electron chi connectivity index (χ1n) is 4.34. The van der Waals surface area contributed by atoms with Gasteiger partial charge in [-0.3, -0.25) is 4.90 Å². The van der Waals surface area contributed by atoms with Crippen molar-refractivity contribution in [1.29, 1.82) is 0 Å². The Kier molecular flexibility index (Phi) is 3.62. The summed E-state index contributed by atoms with van der Waals surface area (Å²) in [7, 11) is 3.95. The minimum atomic E-state index is 0.543. The predicted molar refractivity (Wildman–Crippen MR) is 56.1 cm³/mol. The average molecular weight is 200 g/mol. The highest BCUT2D eigenvalue weighted by molar-refractivity contribution is 7.15. The molecule has 0 aliphatic heterocycles. The average Bonchev–Trinajstić information content (AvgIpc) is 2.52. The van der Waals surface area contributed by atoms with Crippen LogP contribution in [-0.2, 0) is 6.54 Å². The molecule has 0 atom stereocenters. The van der Waals surface area contributed by atoms with Gasteiger partial charge in [-0.25, -0.2) is 0 Å². The quantitative estimate of drug-likeness (QED) is 0.798. The Morgan fingerprint density at radius 3 is 2.62 bits per heavy atom. The van der Waals surface area contributed by atoms with Gasteiger partial charge in [-0.1, -0.05) is 11.3 Å². The van der Waals surface area contributed by atoms with Crippen molar-refractivity contribution >= 4 is 16.5 Å². The maximum Gasteiger partial charge on any atom is 0.205 e. The smallest absolute Gasteiger partial charge is 0.205 e. The lowest BCUT2D eigenvalue weighted by Gasteiger charge is -2.18. The van der Waals surface area contributed by atoms with Crippen LogP contribution in [0.4, 0.5) is 5.13 Å². The molecule has 5 heteroatoms. The third-order valence-electron chi connectivity index (χ3n) is 1.95. The Morgan fingerprint density at radius 1 is 1.46 bits per heavy atom.